The average molecular weight is 332 g/mol. The predicted octanol–water partition coefficient (Wildman–Crippen LogP) is 2.59. The van der Waals surface area contributed by atoms with Gasteiger partial charge in [0.1, 0.15) is 5.78 Å². The summed E-state index contributed by atoms with van der Waals surface area (Å²) in [6.45, 7) is 7.87. The van der Waals surface area contributed by atoms with Crippen LogP contribution in [0.15, 0.2) is 22.8 Å². The van der Waals surface area contributed by atoms with Gasteiger partial charge in [0.15, 0.2) is 5.78 Å². The first-order chi connectivity index (χ1) is 11.1. The molecule has 0 heterocycles. The summed E-state index contributed by atoms with van der Waals surface area (Å²) in [6, 6.07) is 0. The second-order valence-corrected chi connectivity index (χ2v) is 8.49. The van der Waals surface area contributed by atoms with Gasteiger partial charge in [-0.2, -0.15) is 0 Å². The van der Waals surface area contributed by atoms with Crippen molar-refractivity contribution in [3.63, 3.8) is 0 Å². The van der Waals surface area contributed by atoms with Gasteiger partial charge in [-0.25, -0.2) is 0 Å². The van der Waals surface area contributed by atoms with Gasteiger partial charge in [-0.1, -0.05) is 31.9 Å². The Morgan fingerprint density at radius 2 is 1.92 bits per heavy atom. The van der Waals surface area contributed by atoms with Crippen molar-refractivity contribution in [2.24, 2.45) is 22.7 Å². The zero-order valence-corrected chi connectivity index (χ0v) is 15.1. The fourth-order valence-electron chi connectivity index (χ4n) is 5.00. The van der Waals surface area contributed by atoms with Crippen molar-refractivity contribution in [1.29, 1.82) is 0 Å². The molecule has 0 aliphatic heterocycles. The van der Waals surface area contributed by atoms with Gasteiger partial charge in [-0.05, 0) is 49.7 Å². The number of allylic oxidation sites excluding steroid dienone is 3. The molecule has 0 aromatic heterocycles. The fourth-order valence-corrected chi connectivity index (χ4v) is 5.00. The summed E-state index contributed by atoms with van der Waals surface area (Å²) in [6.07, 6.45) is 2.83. The molecule has 0 aromatic rings. The molecule has 0 amide bonds. The lowest BCUT2D eigenvalue weighted by Gasteiger charge is -2.48. The molecule has 0 spiro atoms. The number of ketones is 2. The maximum atomic E-state index is 12.9. The Bertz CT molecular complexity index is 657. The standard InChI is InChI=1S/C20H28O4/c1-11(2)13-8-17(24)20(4)6-5-19(3)14(18(13)20)9-15(22)12(10-21)7-16(19)23/h7,11,14-15,21-22H,5-6,8-10H2,1-4H3. The number of hydrogen-bond acceptors (Lipinski definition) is 4. The Morgan fingerprint density at radius 3 is 2.50 bits per heavy atom. The first-order valence-corrected chi connectivity index (χ1v) is 8.95. The number of hydrogen-bond donors (Lipinski definition) is 2. The first-order valence-electron chi connectivity index (χ1n) is 8.95. The van der Waals surface area contributed by atoms with E-state index in [9.17, 15) is 19.8 Å². The van der Waals surface area contributed by atoms with E-state index >= 15 is 0 Å². The molecule has 1 fully saturated rings. The molecule has 132 valence electrons. The Balaban J connectivity index is 2.17. The molecular weight excluding hydrogens is 304 g/mol. The van der Waals surface area contributed by atoms with Crippen LogP contribution in [-0.2, 0) is 9.59 Å². The molecule has 4 unspecified atom stereocenters. The molecule has 3 aliphatic rings. The van der Waals surface area contributed by atoms with Crippen molar-refractivity contribution >= 4 is 11.6 Å². The Hall–Kier alpha value is -1.26. The van der Waals surface area contributed by atoms with Crippen molar-refractivity contribution < 1.29 is 19.8 Å². The molecule has 3 rings (SSSR count). The van der Waals surface area contributed by atoms with Gasteiger partial charge in [-0.15, -0.1) is 0 Å². The van der Waals surface area contributed by atoms with Crippen LogP contribution in [0.25, 0.3) is 0 Å². The highest BCUT2D eigenvalue weighted by Crippen LogP contribution is 2.61. The summed E-state index contributed by atoms with van der Waals surface area (Å²) < 4.78 is 0. The monoisotopic (exact) mass is 332 g/mol. The lowest BCUT2D eigenvalue weighted by molar-refractivity contribution is -0.132. The second-order valence-electron chi connectivity index (χ2n) is 8.49. The van der Waals surface area contributed by atoms with Crippen LogP contribution in [0.3, 0.4) is 0 Å². The van der Waals surface area contributed by atoms with Crippen LogP contribution in [0.5, 0.6) is 0 Å². The molecule has 3 aliphatic carbocycles. The summed E-state index contributed by atoms with van der Waals surface area (Å²) in [7, 11) is 0. The topological polar surface area (TPSA) is 74.6 Å². The number of Topliss-reactive ketones (excluding diaryl/α,β-unsaturated/α-hetero) is 1. The third kappa shape index (κ3) is 2.26. The maximum Gasteiger partial charge on any atom is 0.162 e. The minimum Gasteiger partial charge on any atom is -0.392 e. The van der Waals surface area contributed by atoms with Crippen LogP contribution >= 0.6 is 0 Å². The van der Waals surface area contributed by atoms with Crippen LogP contribution in [0.1, 0.15) is 53.4 Å². The van der Waals surface area contributed by atoms with E-state index in [4.69, 9.17) is 0 Å². The van der Waals surface area contributed by atoms with E-state index in [0.717, 1.165) is 11.1 Å². The van der Waals surface area contributed by atoms with Gasteiger partial charge < -0.3 is 10.2 Å². The zero-order valence-electron chi connectivity index (χ0n) is 15.1. The van der Waals surface area contributed by atoms with Crippen LogP contribution in [0.4, 0.5) is 0 Å². The number of fused-ring (bicyclic) bond motifs is 3. The predicted molar refractivity (Wildman–Crippen MR) is 91.2 cm³/mol. The van der Waals surface area contributed by atoms with Gasteiger partial charge in [0.25, 0.3) is 0 Å². The summed E-state index contributed by atoms with van der Waals surface area (Å²) in [5.41, 5.74) is 1.57. The van der Waals surface area contributed by atoms with Gasteiger partial charge in [0.05, 0.1) is 12.7 Å². The molecule has 0 bridgehead atoms. The van der Waals surface area contributed by atoms with E-state index in [1.807, 2.05) is 13.8 Å². The lowest BCUT2D eigenvalue weighted by atomic mass is 9.54. The largest absolute Gasteiger partial charge is 0.392 e. The van der Waals surface area contributed by atoms with Crippen LogP contribution in [-0.4, -0.2) is 34.5 Å². The second kappa shape index (κ2) is 5.63. The molecule has 0 saturated heterocycles. The van der Waals surface area contributed by atoms with E-state index in [2.05, 4.69) is 13.8 Å². The van der Waals surface area contributed by atoms with Gasteiger partial charge in [-0.3, -0.25) is 9.59 Å². The molecular formula is C20H28O4. The summed E-state index contributed by atoms with van der Waals surface area (Å²) >= 11 is 0. The highest BCUT2D eigenvalue weighted by atomic mass is 16.3. The number of aliphatic hydroxyl groups excluding tert-OH is 2. The van der Waals surface area contributed by atoms with Crippen LogP contribution in [0, 0.1) is 22.7 Å². The highest BCUT2D eigenvalue weighted by molar-refractivity contribution is 5.99. The highest BCUT2D eigenvalue weighted by Gasteiger charge is 2.58. The maximum absolute atomic E-state index is 12.9. The first kappa shape index (κ1) is 17.6. The van der Waals surface area contributed by atoms with Crippen molar-refractivity contribution in [3.8, 4) is 0 Å². The average Bonchev–Trinajstić information content (AvgIpc) is 2.74. The molecule has 24 heavy (non-hydrogen) atoms. The van der Waals surface area contributed by atoms with Crippen molar-refractivity contribution in [2.45, 2.75) is 59.5 Å². The van der Waals surface area contributed by atoms with Crippen LogP contribution < -0.4 is 0 Å². The van der Waals surface area contributed by atoms with Crippen LogP contribution in [0.2, 0.25) is 0 Å². The van der Waals surface area contributed by atoms with Crippen molar-refractivity contribution in [1.82, 2.24) is 0 Å². The van der Waals surface area contributed by atoms with Gasteiger partial charge in [0.2, 0.25) is 0 Å². The molecule has 1 saturated carbocycles. The van der Waals surface area contributed by atoms with Gasteiger partial charge in [0, 0.05) is 17.3 Å². The molecule has 4 nitrogen and oxygen atoms in total. The minimum atomic E-state index is -0.829. The van der Waals surface area contributed by atoms with E-state index in [0.29, 0.717) is 31.3 Å². The minimum absolute atomic E-state index is 0.0231. The number of aliphatic hydroxyl groups is 2. The SMILES string of the molecule is CC(C)C1=C2C3CC(O)C(CO)=CC(=O)C3(C)CCC2(C)C(=O)C1. The summed E-state index contributed by atoms with van der Waals surface area (Å²) in [5.74, 6) is 0.353. The van der Waals surface area contributed by atoms with Crippen molar-refractivity contribution in [2.75, 3.05) is 6.61 Å². The number of carbonyl (C=O) groups excluding carboxylic acids is 2. The summed E-state index contributed by atoms with van der Waals surface area (Å²) in [5, 5.41) is 20.0. The zero-order chi connectivity index (χ0) is 17.9. The molecule has 2 N–H and O–H groups in total. The van der Waals surface area contributed by atoms with Gasteiger partial charge >= 0.3 is 0 Å². The van der Waals surface area contributed by atoms with E-state index in [1.165, 1.54) is 6.08 Å². The molecule has 0 radical (unpaired) electrons. The Labute approximate surface area is 143 Å². The van der Waals surface area contributed by atoms with E-state index in [-0.39, 0.29) is 30.0 Å². The third-order valence-electron chi connectivity index (χ3n) is 6.81. The third-order valence-corrected chi connectivity index (χ3v) is 6.81. The molecule has 0 aromatic carbocycles. The smallest absolute Gasteiger partial charge is 0.162 e. The van der Waals surface area contributed by atoms with E-state index < -0.39 is 16.9 Å². The lowest BCUT2D eigenvalue weighted by Crippen LogP contribution is -2.46. The quantitative estimate of drug-likeness (QED) is 0.762. The Morgan fingerprint density at radius 1 is 1.25 bits per heavy atom. The molecule has 4 atom stereocenters. The fraction of sp³-hybridized carbons (Fsp3) is 0.700. The Kier molecular flexibility index (Phi) is 4.12. The molecule has 4 heteroatoms. The number of rotatable bonds is 2. The number of carbonyl (C=O) groups is 2. The normalized spacial score (nSPS) is 39.7. The van der Waals surface area contributed by atoms with Crippen molar-refractivity contribution in [3.05, 3.63) is 22.8 Å². The van der Waals surface area contributed by atoms with E-state index in [1.54, 1.807) is 0 Å². The summed E-state index contributed by atoms with van der Waals surface area (Å²) in [4.78, 5) is 25.7.